The number of nitrogens with zero attached hydrogens (tertiary/aromatic N) is 2. The van der Waals surface area contributed by atoms with Gasteiger partial charge in [0.1, 0.15) is 11.5 Å². The minimum Gasteiger partial charge on any atom is -0.494 e. The van der Waals surface area contributed by atoms with E-state index in [1.165, 1.54) is 22.3 Å². The number of ether oxygens (including phenoxy) is 2. The van der Waals surface area contributed by atoms with E-state index in [2.05, 4.69) is 60.0 Å². The number of aliphatic hydroxyl groups excluding tert-OH is 2. The third kappa shape index (κ3) is 6.95. The van der Waals surface area contributed by atoms with Gasteiger partial charge in [0.2, 0.25) is 0 Å². The van der Waals surface area contributed by atoms with E-state index < -0.39 is 0 Å². The van der Waals surface area contributed by atoms with Crippen LogP contribution in [0.5, 0.6) is 11.5 Å². The molecular weight excluding hydrogens is 428 g/mol. The monoisotopic (exact) mass is 468 g/mol. The maximum absolute atomic E-state index is 9.62. The van der Waals surface area contributed by atoms with Crippen LogP contribution in [-0.4, -0.2) is 84.7 Å². The van der Waals surface area contributed by atoms with Gasteiger partial charge in [0.05, 0.1) is 25.4 Å². The second-order valence-corrected chi connectivity index (χ2v) is 9.84. The van der Waals surface area contributed by atoms with Crippen molar-refractivity contribution in [3.05, 3.63) is 47.5 Å². The van der Waals surface area contributed by atoms with E-state index in [4.69, 9.17) is 9.47 Å². The Hall–Kier alpha value is -2.12. The zero-order chi connectivity index (χ0) is 23.9. The van der Waals surface area contributed by atoms with Crippen molar-refractivity contribution in [2.45, 2.75) is 51.7 Å². The molecule has 2 aromatic carbocycles. The van der Waals surface area contributed by atoms with Gasteiger partial charge in [0, 0.05) is 39.3 Å². The molecule has 2 aromatic rings. The molecule has 34 heavy (non-hydrogen) atoms. The lowest BCUT2D eigenvalue weighted by atomic mass is 9.96. The minimum absolute atomic E-state index is 0.157. The lowest BCUT2D eigenvalue weighted by Gasteiger charge is -2.16. The zero-order valence-electron chi connectivity index (χ0n) is 20.7. The van der Waals surface area contributed by atoms with Crippen molar-refractivity contribution in [3.63, 3.8) is 0 Å². The minimum atomic E-state index is -0.157. The molecule has 2 aliphatic rings. The summed E-state index contributed by atoms with van der Waals surface area (Å²) in [6.07, 6.45) is 3.39. The van der Waals surface area contributed by atoms with Crippen molar-refractivity contribution in [1.29, 1.82) is 0 Å². The Bertz CT molecular complexity index is 859. The van der Waals surface area contributed by atoms with E-state index in [-0.39, 0.29) is 12.2 Å². The normalized spacial score (nSPS) is 21.3. The van der Waals surface area contributed by atoms with Crippen LogP contribution in [0.2, 0.25) is 0 Å². The molecule has 4 rings (SSSR count). The van der Waals surface area contributed by atoms with Crippen LogP contribution in [0, 0.1) is 13.8 Å². The van der Waals surface area contributed by atoms with Gasteiger partial charge in [-0.1, -0.05) is 12.1 Å². The molecule has 0 saturated carbocycles. The van der Waals surface area contributed by atoms with E-state index in [9.17, 15) is 10.2 Å². The molecule has 2 N–H and O–H groups in total. The van der Waals surface area contributed by atoms with Gasteiger partial charge in [-0.3, -0.25) is 0 Å². The average molecular weight is 469 g/mol. The lowest BCUT2D eigenvalue weighted by molar-refractivity contribution is 0.172. The molecule has 186 valence electrons. The Balaban J connectivity index is 1.24. The number of rotatable bonds is 11. The Morgan fingerprint density at radius 2 is 1.18 bits per heavy atom. The molecule has 2 saturated heterocycles. The first-order valence-electron chi connectivity index (χ1n) is 12.8. The van der Waals surface area contributed by atoms with E-state index in [0.717, 1.165) is 76.5 Å². The Morgan fingerprint density at radius 1 is 0.735 bits per heavy atom. The fraction of sp³-hybridized carbons (Fsp3) is 0.571. The van der Waals surface area contributed by atoms with Gasteiger partial charge in [-0.2, -0.15) is 0 Å². The quantitative estimate of drug-likeness (QED) is 0.491. The molecule has 2 aliphatic heterocycles. The first kappa shape index (κ1) is 25.0. The van der Waals surface area contributed by atoms with Crippen LogP contribution in [0.15, 0.2) is 36.4 Å². The van der Waals surface area contributed by atoms with Crippen molar-refractivity contribution in [1.82, 2.24) is 9.80 Å². The highest BCUT2D eigenvalue weighted by Crippen LogP contribution is 2.31. The van der Waals surface area contributed by atoms with Crippen LogP contribution in [0.4, 0.5) is 0 Å². The zero-order valence-corrected chi connectivity index (χ0v) is 20.7. The summed E-state index contributed by atoms with van der Waals surface area (Å²) in [5.74, 6) is 1.82. The Morgan fingerprint density at radius 3 is 1.53 bits per heavy atom. The molecular formula is C28H40N2O4. The molecule has 2 atom stereocenters. The van der Waals surface area contributed by atoms with Gasteiger partial charge in [-0.05, 0) is 86.1 Å². The molecule has 0 bridgehead atoms. The van der Waals surface area contributed by atoms with Gasteiger partial charge in [-0.15, -0.1) is 0 Å². The fourth-order valence-corrected chi connectivity index (χ4v) is 5.04. The van der Waals surface area contributed by atoms with Crippen LogP contribution in [0.1, 0.15) is 36.8 Å². The van der Waals surface area contributed by atoms with E-state index >= 15 is 0 Å². The Labute approximate surface area is 204 Å². The number of hydrogen-bond donors (Lipinski definition) is 2. The molecule has 0 amide bonds. The van der Waals surface area contributed by atoms with E-state index in [0.29, 0.717) is 13.2 Å². The van der Waals surface area contributed by atoms with Gasteiger partial charge in [0.15, 0.2) is 0 Å². The number of aryl methyl sites for hydroxylation is 2. The summed E-state index contributed by atoms with van der Waals surface area (Å²) in [5.41, 5.74) is 4.83. The smallest absolute Gasteiger partial charge is 0.119 e. The van der Waals surface area contributed by atoms with Crippen LogP contribution in [-0.2, 0) is 0 Å². The molecule has 6 nitrogen and oxygen atoms in total. The highest BCUT2D eigenvalue weighted by molar-refractivity contribution is 5.72. The third-order valence-corrected chi connectivity index (χ3v) is 6.96. The second kappa shape index (κ2) is 12.0. The number of likely N-dealkylation sites (tertiary alicyclic amines) is 2. The third-order valence-electron chi connectivity index (χ3n) is 6.96. The van der Waals surface area contributed by atoms with Gasteiger partial charge < -0.3 is 29.5 Å². The number of benzene rings is 2. The topological polar surface area (TPSA) is 65.4 Å². The van der Waals surface area contributed by atoms with Crippen LogP contribution >= 0.6 is 0 Å². The van der Waals surface area contributed by atoms with Crippen molar-refractivity contribution in [3.8, 4) is 22.6 Å². The first-order valence-corrected chi connectivity index (χ1v) is 12.8. The molecule has 0 aromatic heterocycles. The molecule has 6 heteroatoms. The van der Waals surface area contributed by atoms with Crippen LogP contribution in [0.25, 0.3) is 11.1 Å². The predicted octanol–water partition coefficient (Wildman–Crippen LogP) is 3.64. The first-order chi connectivity index (χ1) is 16.5. The Kier molecular flexibility index (Phi) is 8.84. The van der Waals surface area contributed by atoms with E-state index in [1.807, 2.05) is 0 Å². The lowest BCUT2D eigenvalue weighted by Crippen LogP contribution is -2.24. The summed E-state index contributed by atoms with van der Waals surface area (Å²) >= 11 is 0. The highest BCUT2D eigenvalue weighted by Gasteiger charge is 2.20. The maximum atomic E-state index is 9.62. The van der Waals surface area contributed by atoms with Gasteiger partial charge in [0.25, 0.3) is 0 Å². The molecule has 0 unspecified atom stereocenters. The summed E-state index contributed by atoms with van der Waals surface area (Å²) in [4.78, 5) is 4.61. The molecule has 2 heterocycles. The summed E-state index contributed by atoms with van der Waals surface area (Å²) in [6.45, 7) is 11.2. The van der Waals surface area contributed by atoms with Crippen molar-refractivity contribution >= 4 is 0 Å². The van der Waals surface area contributed by atoms with Crippen LogP contribution in [0.3, 0.4) is 0 Å². The average Bonchev–Trinajstić information content (AvgIpc) is 3.42. The number of hydrogen-bond acceptors (Lipinski definition) is 6. The molecule has 0 radical (unpaired) electrons. The number of aliphatic hydroxyl groups is 2. The number of β-amino-alcohol motifs (C(OH)–C–C–N with tert-alkyl or cyclic N) is 2. The SMILES string of the molecule is Cc1cc(OCCCN2CC[C@@H](O)C2)ccc1-c1ccc(OCCCN2CC[C@@H](O)C2)cc1C. The molecule has 0 aliphatic carbocycles. The van der Waals surface area contributed by atoms with Gasteiger partial charge in [-0.25, -0.2) is 0 Å². The summed E-state index contributed by atoms with van der Waals surface area (Å²) in [7, 11) is 0. The standard InChI is InChI=1S/C28H40N2O4/c1-21-17-25(33-15-3-11-29-13-9-23(31)19-29)5-7-27(21)28-8-6-26(18-22(28)2)34-16-4-12-30-14-10-24(32)20-30/h5-8,17-18,23-24,31-32H,3-4,9-16,19-20H2,1-2H3/t23-,24-/m1/s1. The van der Waals surface area contributed by atoms with Crippen molar-refractivity contribution < 1.29 is 19.7 Å². The highest BCUT2D eigenvalue weighted by atomic mass is 16.5. The summed E-state index contributed by atoms with van der Waals surface area (Å²) in [6, 6.07) is 12.6. The largest absolute Gasteiger partial charge is 0.494 e. The van der Waals surface area contributed by atoms with Crippen LogP contribution < -0.4 is 9.47 Å². The van der Waals surface area contributed by atoms with E-state index in [1.54, 1.807) is 0 Å². The second-order valence-electron chi connectivity index (χ2n) is 9.84. The maximum Gasteiger partial charge on any atom is 0.119 e. The van der Waals surface area contributed by atoms with Crippen molar-refractivity contribution in [2.24, 2.45) is 0 Å². The van der Waals surface area contributed by atoms with Crippen molar-refractivity contribution in [2.75, 3.05) is 52.5 Å². The fourth-order valence-electron chi connectivity index (χ4n) is 5.04. The predicted molar refractivity (Wildman–Crippen MR) is 136 cm³/mol. The summed E-state index contributed by atoms with van der Waals surface area (Å²) in [5, 5.41) is 19.2. The molecule has 0 spiro atoms. The summed E-state index contributed by atoms with van der Waals surface area (Å²) < 4.78 is 12.0. The molecule has 2 fully saturated rings. The van der Waals surface area contributed by atoms with Gasteiger partial charge >= 0.3 is 0 Å².